The van der Waals surface area contributed by atoms with E-state index in [4.69, 9.17) is 4.74 Å². The van der Waals surface area contributed by atoms with Crippen molar-refractivity contribution in [3.05, 3.63) is 70.9 Å². The van der Waals surface area contributed by atoms with Gasteiger partial charge in [-0.15, -0.1) is 0 Å². The number of fused-ring (bicyclic) bond motifs is 1. The third-order valence-corrected chi connectivity index (χ3v) is 7.41. The molecule has 35 heavy (non-hydrogen) atoms. The van der Waals surface area contributed by atoms with Crippen LogP contribution in [0.1, 0.15) is 6.42 Å². The van der Waals surface area contributed by atoms with Crippen molar-refractivity contribution in [3.8, 4) is 28.0 Å². The fourth-order valence-electron chi connectivity index (χ4n) is 4.43. The number of benzene rings is 2. The molecule has 1 saturated heterocycles. The monoisotopic (exact) mass is 490 g/mol. The molecular weight excluding hydrogens is 464 g/mol. The van der Waals surface area contributed by atoms with E-state index in [1.165, 1.54) is 29.6 Å². The van der Waals surface area contributed by atoms with Gasteiger partial charge >= 0.3 is 0 Å². The van der Waals surface area contributed by atoms with Gasteiger partial charge in [0.05, 0.1) is 18.2 Å². The summed E-state index contributed by atoms with van der Waals surface area (Å²) in [5.41, 5.74) is 4.28. The van der Waals surface area contributed by atoms with Crippen LogP contribution in [0.25, 0.3) is 39.2 Å². The molecule has 1 fully saturated rings. The lowest BCUT2D eigenvalue weighted by Crippen LogP contribution is -2.16. The normalized spacial score (nSPS) is 15.2. The molecule has 8 nitrogen and oxygen atoms in total. The van der Waals surface area contributed by atoms with Crippen molar-refractivity contribution in [2.45, 2.75) is 11.3 Å². The molecule has 2 aromatic heterocycles. The Kier molecular flexibility index (Phi) is 5.82. The zero-order chi connectivity index (χ0) is 24.7. The molecule has 5 rings (SSSR count). The summed E-state index contributed by atoms with van der Waals surface area (Å²) >= 11 is 0. The Bertz CT molecular complexity index is 1640. The predicted octanol–water partition coefficient (Wildman–Crippen LogP) is 3.32. The molecule has 9 heteroatoms. The van der Waals surface area contributed by atoms with Gasteiger partial charge in [0.15, 0.2) is 9.84 Å². The van der Waals surface area contributed by atoms with Crippen LogP contribution >= 0.6 is 0 Å². The third kappa shape index (κ3) is 4.40. The van der Waals surface area contributed by atoms with Crippen molar-refractivity contribution in [2.24, 2.45) is 7.05 Å². The van der Waals surface area contributed by atoms with E-state index in [0.29, 0.717) is 27.6 Å². The van der Waals surface area contributed by atoms with Gasteiger partial charge in [0, 0.05) is 60.5 Å². The number of rotatable bonds is 5. The Labute approximate surface area is 203 Å². The maximum absolute atomic E-state index is 12.9. The highest BCUT2D eigenvalue weighted by Gasteiger charge is 2.18. The largest absolute Gasteiger partial charge is 0.496 e. The molecule has 1 N–H and O–H groups in total. The Morgan fingerprint density at radius 2 is 1.89 bits per heavy atom. The van der Waals surface area contributed by atoms with Gasteiger partial charge < -0.3 is 14.6 Å². The van der Waals surface area contributed by atoms with E-state index in [9.17, 15) is 13.2 Å². The van der Waals surface area contributed by atoms with E-state index in [2.05, 4.69) is 10.4 Å². The topological polar surface area (TPSA) is 95.2 Å². The highest BCUT2D eigenvalue weighted by molar-refractivity contribution is 7.90. The number of aromatic nitrogens is 3. The lowest BCUT2D eigenvalue weighted by molar-refractivity contribution is 0.416. The van der Waals surface area contributed by atoms with Gasteiger partial charge in [0.1, 0.15) is 5.75 Å². The highest BCUT2D eigenvalue weighted by atomic mass is 32.2. The van der Waals surface area contributed by atoms with E-state index in [1.54, 1.807) is 37.6 Å². The number of hydrogen-bond acceptors (Lipinski definition) is 6. The average molecular weight is 491 g/mol. The number of nitrogens with zero attached hydrogens (tertiary/aromatic N) is 3. The van der Waals surface area contributed by atoms with Crippen LogP contribution in [-0.2, 0) is 16.9 Å². The first-order valence-electron chi connectivity index (χ1n) is 11.2. The summed E-state index contributed by atoms with van der Waals surface area (Å²) in [6.07, 6.45) is 9.69. The Morgan fingerprint density at radius 1 is 1.06 bits per heavy atom. The number of ether oxygens (including phenoxy) is 1. The lowest BCUT2D eigenvalue weighted by Gasteiger charge is -2.15. The molecule has 0 unspecified atom stereocenters. The van der Waals surface area contributed by atoms with Crippen molar-refractivity contribution in [1.82, 2.24) is 19.7 Å². The fraction of sp³-hybridized carbons (Fsp3) is 0.231. The first-order valence-corrected chi connectivity index (χ1v) is 13.1. The Hall–Kier alpha value is -3.69. The number of nitrogens with one attached hydrogen (secondary N) is 1. The summed E-state index contributed by atoms with van der Waals surface area (Å²) < 4.78 is 33.4. The molecule has 4 aromatic rings. The predicted molar refractivity (Wildman–Crippen MR) is 137 cm³/mol. The van der Waals surface area contributed by atoms with Gasteiger partial charge in [-0.1, -0.05) is 6.07 Å². The molecule has 1 aliphatic rings. The first-order chi connectivity index (χ1) is 16.7. The van der Waals surface area contributed by atoms with E-state index in [-0.39, 0.29) is 10.5 Å². The summed E-state index contributed by atoms with van der Waals surface area (Å²) in [4.78, 5) is 13.1. The van der Waals surface area contributed by atoms with Crippen LogP contribution in [-0.4, -0.2) is 49.2 Å². The molecule has 0 atom stereocenters. The second kappa shape index (κ2) is 8.83. The Morgan fingerprint density at radius 3 is 2.60 bits per heavy atom. The summed E-state index contributed by atoms with van der Waals surface area (Å²) in [5, 5.41) is 9.03. The highest BCUT2D eigenvalue weighted by Crippen LogP contribution is 2.37. The van der Waals surface area contributed by atoms with Crippen molar-refractivity contribution in [1.29, 1.82) is 0 Å². The summed E-state index contributed by atoms with van der Waals surface area (Å²) in [6.45, 7) is 1.85. The van der Waals surface area contributed by atoms with E-state index in [0.717, 1.165) is 30.6 Å². The molecule has 0 radical (unpaired) electrons. The first kappa shape index (κ1) is 23.1. The van der Waals surface area contributed by atoms with Crippen LogP contribution in [0.2, 0.25) is 0 Å². The minimum atomic E-state index is -3.43. The third-order valence-electron chi connectivity index (χ3n) is 6.30. The fourth-order valence-corrected chi connectivity index (χ4v) is 5.08. The minimum absolute atomic E-state index is 0.136. The maximum atomic E-state index is 12.9. The second-order valence-corrected chi connectivity index (χ2v) is 10.8. The summed E-state index contributed by atoms with van der Waals surface area (Å²) in [5.74, 6) is 0.521. The molecule has 3 heterocycles. The van der Waals surface area contributed by atoms with Crippen LogP contribution < -0.4 is 15.6 Å². The van der Waals surface area contributed by atoms with Crippen LogP contribution in [0, 0.1) is 0 Å². The molecule has 180 valence electrons. The summed E-state index contributed by atoms with van der Waals surface area (Å²) in [6, 6.07) is 10.4. The zero-order valence-electron chi connectivity index (χ0n) is 19.8. The second-order valence-electron chi connectivity index (χ2n) is 8.78. The number of pyridine rings is 1. The molecule has 0 aliphatic carbocycles. The van der Waals surface area contributed by atoms with Gasteiger partial charge in [-0.3, -0.25) is 4.79 Å². The van der Waals surface area contributed by atoms with E-state index in [1.807, 2.05) is 29.2 Å². The molecular formula is C26H26N4O4S. The van der Waals surface area contributed by atoms with Crippen LogP contribution in [0.15, 0.2) is 70.3 Å². The molecule has 0 bridgehead atoms. The lowest BCUT2D eigenvalue weighted by atomic mass is 9.97. The van der Waals surface area contributed by atoms with Crippen LogP contribution in [0.4, 0.5) is 0 Å². The van der Waals surface area contributed by atoms with Crippen molar-refractivity contribution in [2.75, 3.05) is 26.5 Å². The van der Waals surface area contributed by atoms with Crippen molar-refractivity contribution in [3.63, 3.8) is 0 Å². The molecule has 0 saturated carbocycles. The number of methoxy groups -OCH3 is 1. The molecule has 2 aromatic carbocycles. The Balaban J connectivity index is 1.70. The van der Waals surface area contributed by atoms with Gasteiger partial charge in [0.2, 0.25) is 0 Å². The molecule has 0 amide bonds. The number of sulfone groups is 1. The zero-order valence-corrected chi connectivity index (χ0v) is 20.6. The van der Waals surface area contributed by atoms with Gasteiger partial charge in [-0.05, 0) is 59.8 Å². The number of hydrogen-bond donors (Lipinski definition) is 1. The minimum Gasteiger partial charge on any atom is -0.496 e. The van der Waals surface area contributed by atoms with Gasteiger partial charge in [-0.2, -0.15) is 5.10 Å². The summed E-state index contributed by atoms with van der Waals surface area (Å²) in [7, 11) is -0.212. The van der Waals surface area contributed by atoms with E-state index < -0.39 is 9.84 Å². The number of aryl methyl sites for hydroxylation is 1. The van der Waals surface area contributed by atoms with Crippen LogP contribution in [0.5, 0.6) is 5.75 Å². The SMILES string of the molecule is COc1ccc(S(C)(=O)=O)cc1-c1cn(C)c(=O)c2ccc(-c3cnn(C=C4CCNC4)c3)cc12. The van der Waals surface area contributed by atoms with E-state index >= 15 is 0 Å². The van der Waals surface area contributed by atoms with Crippen molar-refractivity contribution >= 4 is 26.8 Å². The molecule has 1 aliphatic heterocycles. The van der Waals surface area contributed by atoms with Crippen LogP contribution in [0.3, 0.4) is 0 Å². The maximum Gasteiger partial charge on any atom is 0.258 e. The molecule has 0 spiro atoms. The van der Waals surface area contributed by atoms with Gasteiger partial charge in [0.25, 0.3) is 5.56 Å². The quantitative estimate of drug-likeness (QED) is 0.461. The van der Waals surface area contributed by atoms with Crippen molar-refractivity contribution < 1.29 is 13.2 Å². The standard InChI is InChI=1S/C26H26N4O4S/c1-29-16-24(23-11-20(35(3,32)33)5-7-25(23)34-2)22-10-18(4-6-21(22)26(29)31)19-13-28-30(15-19)14-17-8-9-27-12-17/h4-7,10-11,13-16,27H,8-9,12H2,1-3H3. The average Bonchev–Trinajstić information content (AvgIpc) is 3.53. The van der Waals surface area contributed by atoms with Gasteiger partial charge in [-0.25, -0.2) is 13.1 Å². The smallest absolute Gasteiger partial charge is 0.258 e.